The lowest BCUT2D eigenvalue weighted by Gasteiger charge is -2.26. The molecule has 0 aliphatic carbocycles. The van der Waals surface area contributed by atoms with Crippen LogP contribution in [0.2, 0.25) is 5.02 Å². The van der Waals surface area contributed by atoms with Gasteiger partial charge in [0.25, 0.3) is 5.91 Å². The summed E-state index contributed by atoms with van der Waals surface area (Å²) >= 11 is 5.99. The number of rotatable bonds is 3. The Morgan fingerprint density at radius 3 is 2.83 bits per heavy atom. The van der Waals surface area contributed by atoms with Gasteiger partial charge in [0.2, 0.25) is 10.0 Å². The van der Waals surface area contributed by atoms with Crippen LogP contribution < -0.4 is 5.73 Å². The topological polar surface area (TPSA) is 105 Å². The number of fused-ring (bicyclic) bond motifs is 3. The summed E-state index contributed by atoms with van der Waals surface area (Å²) in [7, 11) is -3.88. The molecule has 0 unspecified atom stereocenters. The second kappa shape index (κ2) is 4.94. The number of ether oxygens (including phenoxy) is 1. The van der Waals surface area contributed by atoms with E-state index in [1.165, 1.54) is 10.4 Å². The second-order valence-electron chi connectivity index (χ2n) is 5.80. The Bertz CT molecular complexity index is 923. The number of H-pyrrole nitrogens is 1. The van der Waals surface area contributed by atoms with Gasteiger partial charge in [-0.1, -0.05) is 11.6 Å². The maximum Gasteiger partial charge on any atom is 0.266 e. The van der Waals surface area contributed by atoms with Gasteiger partial charge in [0.05, 0.1) is 18.8 Å². The summed E-state index contributed by atoms with van der Waals surface area (Å²) in [6.07, 6.45) is 0.592. The molecule has 4 rings (SSSR count). The smallest absolute Gasteiger partial charge is 0.266 e. The molecule has 7 nitrogen and oxygen atoms in total. The average Bonchev–Trinajstić information content (AvgIpc) is 3.19. The Kier molecular flexibility index (Phi) is 3.21. The van der Waals surface area contributed by atoms with Crippen molar-refractivity contribution >= 4 is 38.4 Å². The molecule has 23 heavy (non-hydrogen) atoms. The van der Waals surface area contributed by atoms with Crippen molar-refractivity contribution in [2.75, 3.05) is 13.2 Å². The molecule has 2 saturated heterocycles. The van der Waals surface area contributed by atoms with Crippen LogP contribution in [-0.4, -0.2) is 48.9 Å². The van der Waals surface area contributed by atoms with Crippen LogP contribution in [-0.2, 0) is 14.8 Å². The Labute approximate surface area is 137 Å². The van der Waals surface area contributed by atoms with Crippen LogP contribution in [0.5, 0.6) is 0 Å². The number of benzene rings is 1. The van der Waals surface area contributed by atoms with Crippen molar-refractivity contribution in [3.8, 4) is 0 Å². The zero-order valence-electron chi connectivity index (χ0n) is 12.0. The molecule has 3 N–H and O–H groups in total. The number of aromatic amines is 1. The molecule has 9 heteroatoms. The molecule has 0 spiro atoms. The first kappa shape index (κ1) is 14.9. The van der Waals surface area contributed by atoms with Crippen LogP contribution in [0.25, 0.3) is 10.9 Å². The number of nitrogens with two attached hydrogens (primary N) is 1. The minimum absolute atomic E-state index is 0.0828. The first-order chi connectivity index (χ1) is 10.9. The van der Waals surface area contributed by atoms with Gasteiger partial charge in [0.1, 0.15) is 10.6 Å². The highest BCUT2D eigenvalue weighted by Gasteiger charge is 2.47. The molecule has 2 aliphatic rings. The summed E-state index contributed by atoms with van der Waals surface area (Å²) in [5.41, 5.74) is 5.76. The largest absolute Gasteiger partial charge is 0.375 e. The third-order valence-electron chi connectivity index (χ3n) is 4.38. The maximum atomic E-state index is 13.1. The monoisotopic (exact) mass is 355 g/mol. The first-order valence-corrected chi connectivity index (χ1v) is 8.94. The van der Waals surface area contributed by atoms with Crippen molar-refractivity contribution in [1.29, 1.82) is 0 Å². The number of aromatic nitrogens is 1. The SMILES string of the molecule is NC(=O)c1[nH]c2ccc(Cl)cc2c1S(=O)(=O)N1C[C@H]2C[C@@H]1CO2. The van der Waals surface area contributed by atoms with Crippen molar-refractivity contribution < 1.29 is 17.9 Å². The summed E-state index contributed by atoms with van der Waals surface area (Å²) in [4.78, 5) is 14.4. The molecule has 3 heterocycles. The van der Waals surface area contributed by atoms with Gasteiger partial charge in [-0.05, 0) is 24.6 Å². The van der Waals surface area contributed by atoms with E-state index in [0.717, 1.165) is 0 Å². The molecule has 0 saturated carbocycles. The highest BCUT2D eigenvalue weighted by Crippen LogP contribution is 2.37. The van der Waals surface area contributed by atoms with E-state index in [4.69, 9.17) is 22.1 Å². The number of hydrogen-bond donors (Lipinski definition) is 2. The lowest BCUT2D eigenvalue weighted by Crippen LogP contribution is -2.41. The standard InChI is InChI=1S/C14H14ClN3O4S/c15-7-1-2-11-10(3-7)13(12(17-11)14(16)19)23(20,21)18-5-9-4-8(18)6-22-9/h1-3,8-9,17H,4-6H2,(H2,16,19)/t8-,9-/m1/s1. The predicted octanol–water partition coefficient (Wildman–Crippen LogP) is 1.08. The van der Waals surface area contributed by atoms with Crippen molar-refractivity contribution in [2.45, 2.75) is 23.5 Å². The molecule has 2 atom stereocenters. The van der Waals surface area contributed by atoms with Gasteiger partial charge in [0.15, 0.2) is 0 Å². The average molecular weight is 356 g/mol. The van der Waals surface area contributed by atoms with Gasteiger partial charge >= 0.3 is 0 Å². The van der Waals surface area contributed by atoms with Crippen molar-refractivity contribution in [2.24, 2.45) is 5.73 Å². The van der Waals surface area contributed by atoms with Crippen molar-refractivity contribution in [1.82, 2.24) is 9.29 Å². The molecular formula is C14H14ClN3O4S. The summed E-state index contributed by atoms with van der Waals surface area (Å²) in [5.74, 6) is -0.823. The second-order valence-corrected chi connectivity index (χ2v) is 8.07. The van der Waals surface area contributed by atoms with Crippen LogP contribution in [0.3, 0.4) is 0 Å². The van der Waals surface area contributed by atoms with Crippen LogP contribution in [0.4, 0.5) is 0 Å². The van der Waals surface area contributed by atoms with E-state index in [-0.39, 0.29) is 22.7 Å². The first-order valence-electron chi connectivity index (χ1n) is 7.12. The summed E-state index contributed by atoms with van der Waals surface area (Å²) in [6, 6.07) is 4.57. The minimum atomic E-state index is -3.88. The molecule has 2 fully saturated rings. The van der Waals surface area contributed by atoms with Crippen molar-refractivity contribution in [3.63, 3.8) is 0 Å². The quantitative estimate of drug-likeness (QED) is 0.859. The number of amides is 1. The Balaban J connectivity index is 1.94. The fourth-order valence-corrected chi connectivity index (χ4v) is 5.52. The Morgan fingerprint density at radius 2 is 2.22 bits per heavy atom. The minimum Gasteiger partial charge on any atom is -0.375 e. The Morgan fingerprint density at radius 1 is 1.43 bits per heavy atom. The van der Waals surface area contributed by atoms with Gasteiger partial charge < -0.3 is 15.5 Å². The van der Waals surface area contributed by atoms with Gasteiger partial charge in [-0.2, -0.15) is 4.31 Å². The summed E-state index contributed by atoms with van der Waals surface area (Å²) in [6.45, 7) is 0.664. The third-order valence-corrected chi connectivity index (χ3v) is 6.62. The lowest BCUT2D eigenvalue weighted by atomic mass is 10.2. The van der Waals surface area contributed by atoms with E-state index >= 15 is 0 Å². The molecule has 1 amide bonds. The van der Waals surface area contributed by atoms with E-state index < -0.39 is 15.9 Å². The molecule has 2 aliphatic heterocycles. The van der Waals surface area contributed by atoms with E-state index in [2.05, 4.69) is 4.98 Å². The molecule has 1 aromatic heterocycles. The number of nitrogens with one attached hydrogen (secondary N) is 1. The van der Waals surface area contributed by atoms with Crippen LogP contribution >= 0.6 is 11.6 Å². The summed E-state index contributed by atoms with van der Waals surface area (Å²) in [5, 5.41) is 0.755. The molecule has 1 aromatic carbocycles. The molecule has 2 bridgehead atoms. The number of primary amides is 1. The van der Waals surface area contributed by atoms with Gasteiger partial charge in [-0.25, -0.2) is 8.42 Å². The third kappa shape index (κ3) is 2.17. The number of morpholine rings is 1. The van der Waals surface area contributed by atoms with E-state index in [9.17, 15) is 13.2 Å². The van der Waals surface area contributed by atoms with Gasteiger partial charge in [-0.15, -0.1) is 0 Å². The van der Waals surface area contributed by atoms with Crippen LogP contribution in [0.1, 0.15) is 16.9 Å². The lowest BCUT2D eigenvalue weighted by molar-refractivity contribution is 0.0608. The number of nitrogens with zero attached hydrogens (tertiary/aromatic N) is 1. The number of carbonyl (C=O) groups excluding carboxylic acids is 1. The zero-order valence-corrected chi connectivity index (χ0v) is 13.5. The molecule has 0 radical (unpaired) electrons. The van der Waals surface area contributed by atoms with E-state index in [1.807, 2.05) is 0 Å². The van der Waals surface area contributed by atoms with Crippen molar-refractivity contribution in [3.05, 3.63) is 28.9 Å². The van der Waals surface area contributed by atoms with Crippen LogP contribution in [0, 0.1) is 0 Å². The summed E-state index contributed by atoms with van der Waals surface area (Å²) < 4.78 is 33.1. The fraction of sp³-hybridized carbons (Fsp3) is 0.357. The van der Waals surface area contributed by atoms with Gasteiger partial charge in [-0.3, -0.25) is 4.79 Å². The highest BCUT2D eigenvalue weighted by atomic mass is 35.5. The van der Waals surface area contributed by atoms with E-state index in [0.29, 0.717) is 35.5 Å². The Hall–Kier alpha value is -1.61. The number of halogens is 1. The fourth-order valence-electron chi connectivity index (χ4n) is 3.36. The van der Waals surface area contributed by atoms with Crippen LogP contribution in [0.15, 0.2) is 23.1 Å². The highest BCUT2D eigenvalue weighted by molar-refractivity contribution is 7.89. The maximum absolute atomic E-state index is 13.1. The number of hydrogen-bond acceptors (Lipinski definition) is 4. The molecular weight excluding hydrogens is 342 g/mol. The van der Waals surface area contributed by atoms with Gasteiger partial charge in [0, 0.05) is 22.5 Å². The molecule has 2 aromatic rings. The van der Waals surface area contributed by atoms with E-state index in [1.54, 1.807) is 12.1 Å². The zero-order chi connectivity index (χ0) is 16.4. The predicted molar refractivity (Wildman–Crippen MR) is 83.9 cm³/mol. The molecule has 122 valence electrons. The number of sulfonamides is 1. The normalized spacial score (nSPS) is 24.6. The number of carbonyl (C=O) groups is 1.